The molecule has 94 valence electrons. The fraction of sp³-hybridized carbons (Fsp3) is 0.692. The summed E-state index contributed by atoms with van der Waals surface area (Å²) in [6.07, 6.45) is 4.54. The molecule has 1 aliphatic heterocycles. The summed E-state index contributed by atoms with van der Waals surface area (Å²) in [7, 11) is 0. The fourth-order valence-electron chi connectivity index (χ4n) is 2.78. The molecule has 3 rings (SSSR count). The Morgan fingerprint density at radius 2 is 2.06 bits per heavy atom. The van der Waals surface area contributed by atoms with Crippen LogP contribution in [0.4, 0.5) is 0 Å². The molecule has 2 heterocycles. The Balaban J connectivity index is 1.60. The summed E-state index contributed by atoms with van der Waals surface area (Å²) in [5.74, 6) is 1.01. The van der Waals surface area contributed by atoms with Crippen molar-refractivity contribution in [1.29, 1.82) is 0 Å². The van der Waals surface area contributed by atoms with Gasteiger partial charge >= 0.3 is 0 Å². The van der Waals surface area contributed by atoms with E-state index < -0.39 is 0 Å². The second kappa shape index (κ2) is 4.80. The van der Waals surface area contributed by atoms with E-state index in [1.165, 1.54) is 25.9 Å². The Morgan fingerprint density at radius 3 is 2.59 bits per heavy atom. The second-order valence-corrected chi connectivity index (χ2v) is 5.07. The molecular weight excluding hydrogens is 214 g/mol. The maximum Gasteiger partial charge on any atom is 0.122 e. The molecule has 0 bridgehead atoms. The van der Waals surface area contributed by atoms with E-state index in [9.17, 15) is 0 Å². The van der Waals surface area contributed by atoms with Crippen LogP contribution in [0.3, 0.4) is 0 Å². The number of nitrogens with zero attached hydrogens (tertiary/aromatic N) is 2. The summed E-state index contributed by atoms with van der Waals surface area (Å²) < 4.78 is 5.49. The number of piperazine rings is 1. The molecule has 1 saturated heterocycles. The molecule has 2 aliphatic rings. The molecule has 2 fully saturated rings. The molecule has 1 aromatic heterocycles. The minimum Gasteiger partial charge on any atom is -0.468 e. The van der Waals surface area contributed by atoms with Gasteiger partial charge in [0.25, 0.3) is 0 Å². The number of rotatable bonds is 4. The summed E-state index contributed by atoms with van der Waals surface area (Å²) in [4.78, 5) is 5.07. The highest BCUT2D eigenvalue weighted by Crippen LogP contribution is 2.29. The van der Waals surface area contributed by atoms with Crippen LogP contribution in [0.15, 0.2) is 22.8 Å². The van der Waals surface area contributed by atoms with Gasteiger partial charge in [0, 0.05) is 38.8 Å². The SMILES string of the molecule is NCC(c1ccco1)N1CCN(C2CC2)CC1. The van der Waals surface area contributed by atoms with Crippen molar-refractivity contribution in [3.63, 3.8) is 0 Å². The Hall–Kier alpha value is -0.840. The van der Waals surface area contributed by atoms with E-state index in [0.717, 1.165) is 24.9 Å². The normalized spacial score (nSPS) is 25.0. The Morgan fingerprint density at radius 1 is 1.29 bits per heavy atom. The van der Waals surface area contributed by atoms with Crippen LogP contribution < -0.4 is 5.73 Å². The molecule has 4 nitrogen and oxygen atoms in total. The number of furan rings is 1. The van der Waals surface area contributed by atoms with Crippen molar-refractivity contribution >= 4 is 0 Å². The molecular formula is C13H21N3O. The summed E-state index contributed by atoms with van der Waals surface area (Å²) in [6, 6.07) is 5.12. The standard InChI is InChI=1S/C13H21N3O/c14-10-12(13-2-1-9-17-13)16-7-5-15(6-8-16)11-3-4-11/h1-2,9,11-12H,3-8,10,14H2. The molecule has 0 amide bonds. The molecule has 17 heavy (non-hydrogen) atoms. The summed E-state index contributed by atoms with van der Waals surface area (Å²) in [5.41, 5.74) is 5.89. The van der Waals surface area contributed by atoms with Crippen LogP contribution >= 0.6 is 0 Å². The van der Waals surface area contributed by atoms with Crippen molar-refractivity contribution in [2.75, 3.05) is 32.7 Å². The maximum atomic E-state index is 5.89. The van der Waals surface area contributed by atoms with Crippen molar-refractivity contribution in [3.05, 3.63) is 24.2 Å². The van der Waals surface area contributed by atoms with Gasteiger partial charge in [0.05, 0.1) is 12.3 Å². The minimum atomic E-state index is 0.256. The molecule has 2 N–H and O–H groups in total. The van der Waals surface area contributed by atoms with Crippen LogP contribution in [0.25, 0.3) is 0 Å². The molecule has 1 saturated carbocycles. The smallest absolute Gasteiger partial charge is 0.122 e. The van der Waals surface area contributed by atoms with Crippen molar-refractivity contribution < 1.29 is 4.42 Å². The first-order valence-corrected chi connectivity index (χ1v) is 6.60. The molecule has 4 heteroatoms. The van der Waals surface area contributed by atoms with E-state index >= 15 is 0 Å². The highest BCUT2D eigenvalue weighted by Gasteiger charge is 2.33. The predicted octanol–water partition coefficient (Wildman–Crippen LogP) is 1.06. The maximum absolute atomic E-state index is 5.89. The summed E-state index contributed by atoms with van der Waals surface area (Å²) in [5, 5.41) is 0. The third kappa shape index (κ3) is 2.39. The average Bonchev–Trinajstić information content (AvgIpc) is 3.09. The number of hydrogen-bond acceptors (Lipinski definition) is 4. The van der Waals surface area contributed by atoms with Gasteiger partial charge in [-0.05, 0) is 25.0 Å². The van der Waals surface area contributed by atoms with Crippen LogP contribution in [0, 0.1) is 0 Å². The van der Waals surface area contributed by atoms with E-state index in [2.05, 4.69) is 9.80 Å². The van der Waals surface area contributed by atoms with Crippen LogP contribution in [-0.2, 0) is 0 Å². The van der Waals surface area contributed by atoms with E-state index in [1.54, 1.807) is 6.26 Å². The van der Waals surface area contributed by atoms with Crippen molar-refractivity contribution in [3.8, 4) is 0 Å². The lowest BCUT2D eigenvalue weighted by Gasteiger charge is -2.38. The van der Waals surface area contributed by atoms with Crippen molar-refractivity contribution in [1.82, 2.24) is 9.80 Å². The zero-order valence-electron chi connectivity index (χ0n) is 10.2. The van der Waals surface area contributed by atoms with Gasteiger partial charge in [-0.3, -0.25) is 9.80 Å². The average molecular weight is 235 g/mol. The van der Waals surface area contributed by atoms with Crippen molar-refractivity contribution in [2.24, 2.45) is 5.73 Å². The van der Waals surface area contributed by atoms with Gasteiger partial charge in [0.15, 0.2) is 0 Å². The zero-order valence-corrected chi connectivity index (χ0v) is 10.2. The summed E-state index contributed by atoms with van der Waals surface area (Å²) in [6.45, 7) is 5.22. The van der Waals surface area contributed by atoms with Gasteiger partial charge in [0.1, 0.15) is 5.76 Å². The third-order valence-electron chi connectivity index (χ3n) is 3.95. The number of nitrogens with two attached hydrogens (primary N) is 1. The molecule has 1 aliphatic carbocycles. The van der Waals surface area contributed by atoms with E-state index in [1.807, 2.05) is 12.1 Å². The Kier molecular flexibility index (Phi) is 3.18. The first-order valence-electron chi connectivity index (χ1n) is 6.60. The van der Waals surface area contributed by atoms with Gasteiger partial charge in [-0.1, -0.05) is 0 Å². The Labute approximate surface area is 102 Å². The van der Waals surface area contributed by atoms with Gasteiger partial charge in [-0.15, -0.1) is 0 Å². The van der Waals surface area contributed by atoms with E-state index in [-0.39, 0.29) is 6.04 Å². The van der Waals surface area contributed by atoms with E-state index in [0.29, 0.717) is 6.54 Å². The third-order valence-corrected chi connectivity index (χ3v) is 3.95. The van der Waals surface area contributed by atoms with E-state index in [4.69, 9.17) is 10.2 Å². The molecule has 0 spiro atoms. The van der Waals surface area contributed by atoms with Crippen LogP contribution in [0.5, 0.6) is 0 Å². The monoisotopic (exact) mass is 235 g/mol. The predicted molar refractivity (Wildman–Crippen MR) is 66.7 cm³/mol. The van der Waals surface area contributed by atoms with Crippen LogP contribution in [0.1, 0.15) is 24.6 Å². The largest absolute Gasteiger partial charge is 0.468 e. The molecule has 1 atom stereocenters. The lowest BCUT2D eigenvalue weighted by atomic mass is 10.1. The molecule has 1 unspecified atom stereocenters. The first kappa shape index (κ1) is 11.3. The Bertz CT molecular complexity index is 340. The number of hydrogen-bond donors (Lipinski definition) is 1. The second-order valence-electron chi connectivity index (χ2n) is 5.07. The quantitative estimate of drug-likeness (QED) is 0.847. The first-order chi connectivity index (χ1) is 8.38. The van der Waals surface area contributed by atoms with Crippen LogP contribution in [0.2, 0.25) is 0 Å². The van der Waals surface area contributed by atoms with Crippen LogP contribution in [-0.4, -0.2) is 48.6 Å². The lowest BCUT2D eigenvalue weighted by Crippen LogP contribution is -2.49. The van der Waals surface area contributed by atoms with Crippen molar-refractivity contribution in [2.45, 2.75) is 24.9 Å². The minimum absolute atomic E-state index is 0.256. The van der Waals surface area contributed by atoms with Gasteiger partial charge in [-0.25, -0.2) is 0 Å². The lowest BCUT2D eigenvalue weighted by molar-refractivity contribution is 0.0853. The highest BCUT2D eigenvalue weighted by molar-refractivity contribution is 5.06. The topological polar surface area (TPSA) is 45.6 Å². The molecule has 1 aromatic rings. The zero-order chi connectivity index (χ0) is 11.7. The highest BCUT2D eigenvalue weighted by atomic mass is 16.3. The van der Waals surface area contributed by atoms with Gasteiger partial charge in [0.2, 0.25) is 0 Å². The summed E-state index contributed by atoms with van der Waals surface area (Å²) >= 11 is 0. The molecule has 0 aromatic carbocycles. The van der Waals surface area contributed by atoms with Gasteiger partial charge in [-0.2, -0.15) is 0 Å². The fourth-order valence-corrected chi connectivity index (χ4v) is 2.78. The van der Waals surface area contributed by atoms with Gasteiger partial charge < -0.3 is 10.2 Å². The molecule has 0 radical (unpaired) electrons.